The number of nitrogen functional groups attached to an aromatic ring is 1. The summed E-state index contributed by atoms with van der Waals surface area (Å²) in [6.07, 6.45) is 0. The Hall–Kier alpha value is -1.19. The second kappa shape index (κ2) is 5.05. The third-order valence-corrected chi connectivity index (χ3v) is 4.09. The maximum Gasteiger partial charge on any atom is 0.263 e. The molecule has 80 valence electrons. The van der Waals surface area contributed by atoms with Crippen LogP contribution in [0, 0.1) is 11.3 Å². The van der Waals surface area contributed by atoms with Crippen molar-refractivity contribution in [2.24, 2.45) is 0 Å². The van der Waals surface area contributed by atoms with Crippen molar-refractivity contribution in [3.8, 4) is 6.07 Å². The van der Waals surface area contributed by atoms with E-state index in [-0.39, 0.29) is 11.6 Å². The van der Waals surface area contributed by atoms with Gasteiger partial charge in [0.25, 0.3) is 5.91 Å². The Morgan fingerprint density at radius 3 is 2.87 bits per heavy atom. The van der Waals surface area contributed by atoms with Crippen LogP contribution in [0.25, 0.3) is 0 Å². The lowest BCUT2D eigenvalue weighted by Crippen LogP contribution is -2.17. The molecule has 1 rings (SSSR count). The summed E-state index contributed by atoms with van der Waals surface area (Å²) >= 11 is 2.80. The lowest BCUT2D eigenvalue weighted by molar-refractivity contribution is 0.0968. The smallest absolute Gasteiger partial charge is 0.263 e. The van der Waals surface area contributed by atoms with Gasteiger partial charge in [-0.15, -0.1) is 23.1 Å². The van der Waals surface area contributed by atoms with Crippen molar-refractivity contribution in [3.05, 3.63) is 10.4 Å². The number of carbonyl (C=O) groups excluding carboxylic acids is 1. The molecule has 0 aliphatic carbocycles. The van der Waals surface area contributed by atoms with Crippen molar-refractivity contribution < 1.29 is 4.79 Å². The van der Waals surface area contributed by atoms with E-state index in [2.05, 4.69) is 5.32 Å². The summed E-state index contributed by atoms with van der Waals surface area (Å²) in [7, 11) is 1.54. The molecule has 0 atom stereocenters. The number of thiophene rings is 1. The Morgan fingerprint density at radius 1 is 1.73 bits per heavy atom. The minimum atomic E-state index is -0.239. The van der Waals surface area contributed by atoms with Gasteiger partial charge in [-0.25, -0.2) is 0 Å². The number of carbonyl (C=O) groups is 1. The number of nitriles is 1. The van der Waals surface area contributed by atoms with Crippen LogP contribution in [-0.4, -0.2) is 18.7 Å². The van der Waals surface area contributed by atoms with Gasteiger partial charge in [0.05, 0.1) is 9.90 Å². The Kier molecular flexibility index (Phi) is 4.00. The van der Waals surface area contributed by atoms with Gasteiger partial charge in [0, 0.05) is 7.05 Å². The molecular formula is C9H11N3OS2. The highest BCUT2D eigenvalue weighted by atomic mass is 32.2. The van der Waals surface area contributed by atoms with E-state index < -0.39 is 0 Å². The number of hydrogen-bond acceptors (Lipinski definition) is 5. The molecule has 15 heavy (non-hydrogen) atoms. The number of hydrogen-bond donors (Lipinski definition) is 2. The molecule has 0 fully saturated rings. The molecular weight excluding hydrogens is 230 g/mol. The van der Waals surface area contributed by atoms with Gasteiger partial charge in [-0.1, -0.05) is 6.92 Å². The Labute approximate surface area is 96.5 Å². The summed E-state index contributed by atoms with van der Waals surface area (Å²) in [5, 5.41) is 11.4. The van der Waals surface area contributed by atoms with Crippen LogP contribution in [0.4, 0.5) is 5.69 Å². The van der Waals surface area contributed by atoms with Crippen LogP contribution in [-0.2, 0) is 0 Å². The highest BCUT2D eigenvalue weighted by Crippen LogP contribution is 2.37. The minimum absolute atomic E-state index is 0.239. The zero-order valence-electron chi connectivity index (χ0n) is 8.46. The maximum atomic E-state index is 11.4. The van der Waals surface area contributed by atoms with E-state index in [9.17, 15) is 4.79 Å². The molecule has 1 amide bonds. The first kappa shape index (κ1) is 11.9. The zero-order valence-corrected chi connectivity index (χ0v) is 10.1. The summed E-state index contributed by atoms with van der Waals surface area (Å²) in [6, 6.07) is 2.03. The molecule has 0 aliphatic heterocycles. The molecule has 3 N–H and O–H groups in total. The molecule has 0 saturated carbocycles. The number of nitrogens with zero attached hydrogens (tertiary/aromatic N) is 1. The Bertz CT molecular complexity index is 420. The van der Waals surface area contributed by atoms with Crippen molar-refractivity contribution in [1.82, 2.24) is 5.32 Å². The fourth-order valence-electron chi connectivity index (χ4n) is 1.04. The molecule has 4 nitrogen and oxygen atoms in total. The van der Waals surface area contributed by atoms with Gasteiger partial charge >= 0.3 is 0 Å². The fraction of sp³-hybridized carbons (Fsp3) is 0.333. The summed E-state index contributed by atoms with van der Waals surface area (Å²) in [4.78, 5) is 11.8. The predicted molar refractivity (Wildman–Crippen MR) is 63.2 cm³/mol. The van der Waals surface area contributed by atoms with E-state index >= 15 is 0 Å². The first-order valence-corrected chi connectivity index (χ1v) is 6.13. The van der Waals surface area contributed by atoms with Crippen molar-refractivity contribution in [1.29, 1.82) is 5.26 Å². The van der Waals surface area contributed by atoms with E-state index in [1.54, 1.807) is 7.05 Å². The van der Waals surface area contributed by atoms with E-state index in [0.717, 1.165) is 9.96 Å². The lowest BCUT2D eigenvalue weighted by Gasteiger charge is -1.95. The van der Waals surface area contributed by atoms with Gasteiger partial charge in [0.2, 0.25) is 0 Å². The molecule has 0 aliphatic rings. The zero-order chi connectivity index (χ0) is 11.4. The van der Waals surface area contributed by atoms with Crippen molar-refractivity contribution in [3.63, 3.8) is 0 Å². The van der Waals surface area contributed by atoms with Crippen LogP contribution in [0.2, 0.25) is 0 Å². The van der Waals surface area contributed by atoms with Gasteiger partial charge < -0.3 is 11.1 Å². The van der Waals surface area contributed by atoms with Crippen LogP contribution >= 0.6 is 23.1 Å². The number of nitrogens with two attached hydrogens (primary N) is 1. The quantitative estimate of drug-likeness (QED) is 0.789. The molecule has 6 heteroatoms. The highest BCUT2D eigenvalue weighted by molar-refractivity contribution is 8.01. The average Bonchev–Trinajstić information content (AvgIpc) is 2.55. The first-order valence-electron chi connectivity index (χ1n) is 4.32. The van der Waals surface area contributed by atoms with Gasteiger partial charge in [0.1, 0.15) is 16.5 Å². The number of thioether (sulfide) groups is 1. The van der Waals surface area contributed by atoms with Gasteiger partial charge in [-0.3, -0.25) is 4.79 Å². The van der Waals surface area contributed by atoms with Crippen LogP contribution < -0.4 is 11.1 Å². The molecule has 0 unspecified atom stereocenters. The molecule has 1 aromatic heterocycles. The molecule has 0 bridgehead atoms. The summed E-state index contributed by atoms with van der Waals surface area (Å²) in [5.41, 5.74) is 6.45. The normalized spacial score (nSPS) is 9.67. The van der Waals surface area contributed by atoms with Gasteiger partial charge in [-0.05, 0) is 5.75 Å². The van der Waals surface area contributed by atoms with Crippen LogP contribution in [0.15, 0.2) is 4.21 Å². The topological polar surface area (TPSA) is 78.9 Å². The van der Waals surface area contributed by atoms with Crippen molar-refractivity contribution >= 4 is 34.7 Å². The second-order valence-corrected chi connectivity index (χ2v) is 5.18. The largest absolute Gasteiger partial charge is 0.396 e. The Morgan fingerprint density at radius 2 is 2.40 bits per heavy atom. The van der Waals surface area contributed by atoms with E-state index in [0.29, 0.717) is 10.4 Å². The summed E-state index contributed by atoms with van der Waals surface area (Å²) in [5.74, 6) is 0.610. The molecule has 0 radical (unpaired) electrons. The monoisotopic (exact) mass is 241 g/mol. The highest BCUT2D eigenvalue weighted by Gasteiger charge is 2.19. The molecule has 1 heterocycles. The second-order valence-electron chi connectivity index (χ2n) is 2.63. The Balaban J connectivity index is 3.22. The third kappa shape index (κ3) is 2.25. The van der Waals surface area contributed by atoms with E-state index in [4.69, 9.17) is 11.0 Å². The van der Waals surface area contributed by atoms with E-state index in [1.807, 2.05) is 13.0 Å². The van der Waals surface area contributed by atoms with Crippen LogP contribution in [0.5, 0.6) is 0 Å². The number of rotatable bonds is 3. The minimum Gasteiger partial charge on any atom is -0.396 e. The SMILES string of the molecule is CCSc1sc(C(=O)NC)c(N)c1C#N. The maximum absolute atomic E-state index is 11.4. The van der Waals surface area contributed by atoms with Crippen LogP contribution in [0.3, 0.4) is 0 Å². The molecule has 1 aromatic rings. The van der Waals surface area contributed by atoms with E-state index in [1.165, 1.54) is 23.1 Å². The number of anilines is 1. The number of nitrogens with one attached hydrogen (secondary N) is 1. The van der Waals surface area contributed by atoms with Crippen LogP contribution in [0.1, 0.15) is 22.2 Å². The first-order chi connectivity index (χ1) is 7.15. The fourth-order valence-corrected chi connectivity index (χ4v) is 3.29. The predicted octanol–water partition coefficient (Wildman–Crippen LogP) is 1.67. The standard InChI is InChI=1S/C9H11N3OS2/c1-3-14-9-5(4-10)6(11)7(15-9)8(13)12-2/h3,11H2,1-2H3,(H,12,13). The summed E-state index contributed by atoms with van der Waals surface area (Å²) < 4.78 is 0.816. The average molecular weight is 241 g/mol. The number of amides is 1. The molecule has 0 spiro atoms. The lowest BCUT2D eigenvalue weighted by atomic mass is 10.2. The molecule has 0 saturated heterocycles. The summed E-state index contributed by atoms with van der Waals surface area (Å²) in [6.45, 7) is 1.99. The van der Waals surface area contributed by atoms with Gasteiger partial charge in [-0.2, -0.15) is 5.26 Å². The van der Waals surface area contributed by atoms with Crippen molar-refractivity contribution in [2.45, 2.75) is 11.1 Å². The third-order valence-electron chi connectivity index (χ3n) is 1.73. The molecule has 0 aromatic carbocycles. The van der Waals surface area contributed by atoms with Gasteiger partial charge in [0.15, 0.2) is 0 Å². The van der Waals surface area contributed by atoms with Crippen molar-refractivity contribution in [2.75, 3.05) is 18.5 Å².